The summed E-state index contributed by atoms with van der Waals surface area (Å²) in [4.78, 5) is 31.0. The number of amides is 1. The quantitative estimate of drug-likeness (QED) is 0.496. The number of hydrogen-bond donors (Lipinski definition) is 2. The molecule has 1 atom stereocenters. The summed E-state index contributed by atoms with van der Waals surface area (Å²) in [5, 5.41) is 10.1. The summed E-state index contributed by atoms with van der Waals surface area (Å²) in [5.74, 6) is -1.09. The lowest BCUT2D eigenvalue weighted by Gasteiger charge is -2.31. The zero-order valence-corrected chi connectivity index (χ0v) is 19.3. The van der Waals surface area contributed by atoms with Crippen molar-refractivity contribution in [3.8, 4) is 6.01 Å². The Morgan fingerprint density at radius 1 is 1.22 bits per heavy atom. The first-order valence-electron chi connectivity index (χ1n) is 11.7. The number of aromatic nitrogens is 6. The maximum absolute atomic E-state index is 12.6. The molecule has 5 heterocycles. The number of H-pyrrole nitrogens is 1. The van der Waals surface area contributed by atoms with Crippen LogP contribution in [0.1, 0.15) is 47.9 Å². The number of carbonyl (C=O) groups is 1. The number of aromatic amines is 1. The summed E-state index contributed by atoms with van der Waals surface area (Å²) >= 11 is 0. The first-order valence-corrected chi connectivity index (χ1v) is 11.7. The van der Waals surface area contributed by atoms with Gasteiger partial charge in [0.2, 0.25) is 11.8 Å². The molecule has 2 fully saturated rings. The van der Waals surface area contributed by atoms with Crippen molar-refractivity contribution in [2.75, 3.05) is 37.7 Å². The van der Waals surface area contributed by atoms with Crippen LogP contribution in [-0.2, 0) is 4.74 Å². The van der Waals surface area contributed by atoms with E-state index in [0.717, 1.165) is 36.8 Å². The molecule has 192 valence electrons. The highest BCUT2D eigenvalue weighted by Crippen LogP contribution is 2.32. The average Bonchev–Trinajstić information content (AvgIpc) is 3.56. The van der Waals surface area contributed by atoms with Gasteiger partial charge in [-0.1, -0.05) is 0 Å². The van der Waals surface area contributed by atoms with Crippen molar-refractivity contribution in [1.29, 1.82) is 0 Å². The van der Waals surface area contributed by atoms with E-state index in [1.54, 1.807) is 11.5 Å². The Bertz CT molecular complexity index is 1210. The van der Waals surface area contributed by atoms with E-state index in [0.29, 0.717) is 25.3 Å². The van der Waals surface area contributed by atoms with Crippen LogP contribution in [0.3, 0.4) is 0 Å². The summed E-state index contributed by atoms with van der Waals surface area (Å²) < 4.78 is 49.0. The molecule has 1 unspecified atom stereocenters. The minimum Gasteiger partial charge on any atom is -0.461 e. The summed E-state index contributed by atoms with van der Waals surface area (Å²) in [7, 11) is 0. The first-order chi connectivity index (χ1) is 17.4. The molecule has 3 aromatic rings. The summed E-state index contributed by atoms with van der Waals surface area (Å²) in [6.07, 6.45) is 0.248. The Morgan fingerprint density at radius 2 is 2.06 bits per heavy atom. The van der Waals surface area contributed by atoms with E-state index in [-0.39, 0.29) is 30.6 Å². The van der Waals surface area contributed by atoms with Gasteiger partial charge in [0.1, 0.15) is 13.2 Å². The lowest BCUT2D eigenvalue weighted by Crippen LogP contribution is -2.37. The van der Waals surface area contributed by atoms with Gasteiger partial charge in [0, 0.05) is 42.9 Å². The highest BCUT2D eigenvalue weighted by molar-refractivity contribution is 5.90. The number of fused-ring (bicyclic) bond motifs is 1. The van der Waals surface area contributed by atoms with E-state index in [9.17, 15) is 18.0 Å². The third kappa shape index (κ3) is 5.64. The molecule has 0 radical (unpaired) electrons. The Morgan fingerprint density at radius 3 is 2.81 bits per heavy atom. The number of rotatable bonds is 7. The zero-order chi connectivity index (χ0) is 25.1. The number of alkyl halides is 3. The van der Waals surface area contributed by atoms with E-state index in [1.807, 2.05) is 17.0 Å². The number of nitrogens with zero attached hydrogens (tertiary/aromatic N) is 6. The highest BCUT2D eigenvalue weighted by atomic mass is 19.4. The number of piperidine rings is 1. The first kappa shape index (κ1) is 24.2. The minimum absolute atomic E-state index is 0.123. The van der Waals surface area contributed by atoms with Crippen molar-refractivity contribution in [3.63, 3.8) is 0 Å². The SMILES string of the molecule is O=C(NCC(F)(F)F)c1nc(OCC2CCCO2)nc(N2CCC(c3[nH]nc4ncccc34)CC2)n1. The lowest BCUT2D eigenvalue weighted by molar-refractivity contribution is -0.123. The molecule has 14 heteroatoms. The maximum Gasteiger partial charge on any atom is 0.405 e. The number of nitrogens with one attached hydrogen (secondary N) is 2. The van der Waals surface area contributed by atoms with Crippen LogP contribution in [-0.4, -0.2) is 81.2 Å². The van der Waals surface area contributed by atoms with E-state index in [2.05, 4.69) is 30.1 Å². The average molecular weight is 506 g/mol. The predicted molar refractivity (Wildman–Crippen MR) is 121 cm³/mol. The topological polar surface area (TPSA) is 131 Å². The Hall–Kier alpha value is -3.55. The van der Waals surface area contributed by atoms with Crippen LogP contribution in [0, 0.1) is 0 Å². The van der Waals surface area contributed by atoms with Gasteiger partial charge in [-0.2, -0.15) is 33.2 Å². The van der Waals surface area contributed by atoms with Gasteiger partial charge in [-0.3, -0.25) is 9.89 Å². The van der Waals surface area contributed by atoms with E-state index in [1.165, 1.54) is 0 Å². The molecule has 3 aromatic heterocycles. The molecular weight excluding hydrogens is 481 g/mol. The van der Waals surface area contributed by atoms with Crippen LogP contribution in [0.2, 0.25) is 0 Å². The third-order valence-electron chi connectivity index (χ3n) is 6.22. The van der Waals surface area contributed by atoms with Crippen molar-refractivity contribution in [3.05, 3.63) is 29.8 Å². The van der Waals surface area contributed by atoms with Gasteiger partial charge in [0.15, 0.2) is 5.65 Å². The second kappa shape index (κ2) is 10.2. The number of carbonyl (C=O) groups excluding carboxylic acids is 1. The molecular formula is C22H25F3N8O3. The number of halogens is 3. The van der Waals surface area contributed by atoms with Crippen LogP contribution < -0.4 is 15.0 Å². The molecule has 5 rings (SSSR count). The highest BCUT2D eigenvalue weighted by Gasteiger charge is 2.30. The number of pyridine rings is 1. The van der Waals surface area contributed by atoms with Crippen molar-refractivity contribution < 1.29 is 27.4 Å². The number of ether oxygens (including phenoxy) is 2. The predicted octanol–water partition coefficient (Wildman–Crippen LogP) is 2.38. The fraction of sp³-hybridized carbons (Fsp3) is 0.545. The lowest BCUT2D eigenvalue weighted by atomic mass is 9.92. The number of hydrogen-bond acceptors (Lipinski definition) is 9. The molecule has 2 N–H and O–H groups in total. The molecule has 0 aliphatic carbocycles. The molecule has 0 bridgehead atoms. The molecule has 2 aliphatic rings. The second-order valence-electron chi connectivity index (χ2n) is 8.76. The largest absolute Gasteiger partial charge is 0.461 e. The zero-order valence-electron chi connectivity index (χ0n) is 19.3. The van der Waals surface area contributed by atoms with Crippen molar-refractivity contribution in [2.45, 2.75) is 43.9 Å². The fourth-order valence-electron chi connectivity index (χ4n) is 4.41. The van der Waals surface area contributed by atoms with Gasteiger partial charge in [-0.25, -0.2) is 4.98 Å². The van der Waals surface area contributed by atoms with Gasteiger partial charge < -0.3 is 19.7 Å². The van der Waals surface area contributed by atoms with Crippen molar-refractivity contribution in [2.24, 2.45) is 0 Å². The minimum atomic E-state index is -4.56. The van der Waals surface area contributed by atoms with Gasteiger partial charge >= 0.3 is 12.2 Å². The van der Waals surface area contributed by atoms with E-state index >= 15 is 0 Å². The molecule has 1 amide bonds. The summed E-state index contributed by atoms with van der Waals surface area (Å²) in [6.45, 7) is 0.445. The van der Waals surface area contributed by atoms with Crippen LogP contribution in [0.4, 0.5) is 19.1 Å². The smallest absolute Gasteiger partial charge is 0.405 e. The van der Waals surface area contributed by atoms with Crippen LogP contribution in [0.25, 0.3) is 11.0 Å². The standard InChI is InChI=1S/C22H25F3N8O3/c23-22(24,25)12-27-19(34)18-28-20(30-21(29-18)36-11-14-3-2-10-35-14)33-8-5-13(6-9-33)16-15-4-1-7-26-17(15)32-31-16/h1,4,7,13-14H,2-3,5-6,8-12H2,(H,27,34)(H,26,31,32). The third-order valence-corrected chi connectivity index (χ3v) is 6.22. The van der Waals surface area contributed by atoms with Gasteiger partial charge in [0.05, 0.1) is 6.10 Å². The Labute approximate surface area is 203 Å². The van der Waals surface area contributed by atoms with Gasteiger partial charge in [-0.05, 0) is 37.8 Å². The van der Waals surface area contributed by atoms with Gasteiger partial charge in [0.25, 0.3) is 5.91 Å². The Kier molecular flexibility index (Phi) is 6.85. The Balaban J connectivity index is 1.31. The molecule has 11 nitrogen and oxygen atoms in total. The maximum atomic E-state index is 12.6. The van der Waals surface area contributed by atoms with Gasteiger partial charge in [-0.15, -0.1) is 0 Å². The fourth-order valence-corrected chi connectivity index (χ4v) is 4.41. The summed E-state index contributed by atoms with van der Waals surface area (Å²) in [6, 6.07) is 3.72. The molecule has 36 heavy (non-hydrogen) atoms. The van der Waals surface area contributed by atoms with Crippen LogP contribution in [0.15, 0.2) is 18.3 Å². The molecule has 0 spiro atoms. The molecule has 2 aliphatic heterocycles. The monoisotopic (exact) mass is 506 g/mol. The molecule has 0 aromatic carbocycles. The molecule has 2 saturated heterocycles. The second-order valence-corrected chi connectivity index (χ2v) is 8.76. The van der Waals surface area contributed by atoms with Crippen LogP contribution >= 0.6 is 0 Å². The van der Waals surface area contributed by atoms with Crippen molar-refractivity contribution >= 4 is 22.9 Å². The summed E-state index contributed by atoms with van der Waals surface area (Å²) in [5.41, 5.74) is 1.68. The number of anilines is 1. The normalized spacial score (nSPS) is 19.1. The molecule has 0 saturated carbocycles. The van der Waals surface area contributed by atoms with Crippen LogP contribution in [0.5, 0.6) is 6.01 Å². The van der Waals surface area contributed by atoms with Crippen molar-refractivity contribution in [1.82, 2.24) is 35.5 Å². The van der Waals surface area contributed by atoms with E-state index in [4.69, 9.17) is 9.47 Å². The van der Waals surface area contributed by atoms with E-state index < -0.39 is 24.5 Å².